The predicted molar refractivity (Wildman–Crippen MR) is 80.3 cm³/mol. The molecular weight excluding hydrogens is 340 g/mol. The minimum absolute atomic E-state index is 0.0217. The predicted octanol–water partition coefficient (Wildman–Crippen LogP) is 2.22. The van der Waals surface area contributed by atoms with Crippen molar-refractivity contribution in [2.24, 2.45) is 0 Å². The third-order valence-electron chi connectivity index (χ3n) is 3.41. The molecule has 0 unspecified atom stereocenters. The number of hydrogen-bond acceptors (Lipinski definition) is 3. The second kappa shape index (κ2) is 6.80. The van der Waals surface area contributed by atoms with Crippen molar-refractivity contribution in [1.29, 1.82) is 0 Å². The van der Waals surface area contributed by atoms with Crippen LogP contribution < -0.4 is 10.1 Å². The summed E-state index contributed by atoms with van der Waals surface area (Å²) in [5.74, 6) is 0.609. The molecule has 1 aromatic rings. The van der Waals surface area contributed by atoms with E-state index in [0.29, 0.717) is 18.6 Å². The molecule has 0 aromatic heterocycles. The number of halogens is 1. The first kappa shape index (κ1) is 15.6. The van der Waals surface area contributed by atoms with Gasteiger partial charge in [-0.1, -0.05) is 22.0 Å². The SMILES string of the molecule is COc1cc(Br)ccc1CN(C[C@@H]1CCC(=O)N1)C(=O)O. The highest BCUT2D eigenvalue weighted by atomic mass is 79.9. The summed E-state index contributed by atoms with van der Waals surface area (Å²) < 4.78 is 6.14. The Hall–Kier alpha value is -1.76. The van der Waals surface area contributed by atoms with Crippen LogP contribution in [0.2, 0.25) is 0 Å². The average molecular weight is 357 g/mol. The fraction of sp³-hybridized carbons (Fsp3) is 0.429. The van der Waals surface area contributed by atoms with Gasteiger partial charge < -0.3 is 20.1 Å². The van der Waals surface area contributed by atoms with Crippen LogP contribution in [-0.4, -0.2) is 41.7 Å². The van der Waals surface area contributed by atoms with Crippen molar-refractivity contribution >= 4 is 27.9 Å². The van der Waals surface area contributed by atoms with E-state index in [4.69, 9.17) is 4.74 Å². The van der Waals surface area contributed by atoms with Gasteiger partial charge in [-0.15, -0.1) is 0 Å². The molecule has 2 N–H and O–H groups in total. The number of nitrogens with zero attached hydrogens (tertiary/aromatic N) is 1. The minimum Gasteiger partial charge on any atom is -0.496 e. The van der Waals surface area contributed by atoms with Gasteiger partial charge in [-0.2, -0.15) is 0 Å². The number of methoxy groups -OCH3 is 1. The molecule has 0 radical (unpaired) electrons. The Morgan fingerprint density at radius 1 is 1.57 bits per heavy atom. The second-order valence-corrected chi connectivity index (χ2v) is 5.84. The van der Waals surface area contributed by atoms with Crippen molar-refractivity contribution in [1.82, 2.24) is 10.2 Å². The smallest absolute Gasteiger partial charge is 0.407 e. The molecule has 0 bridgehead atoms. The third-order valence-corrected chi connectivity index (χ3v) is 3.90. The Morgan fingerprint density at radius 3 is 2.90 bits per heavy atom. The Kier molecular flexibility index (Phi) is 5.06. The fourth-order valence-corrected chi connectivity index (χ4v) is 2.69. The summed E-state index contributed by atoms with van der Waals surface area (Å²) in [4.78, 5) is 23.9. The zero-order valence-electron chi connectivity index (χ0n) is 11.6. The average Bonchev–Trinajstić information content (AvgIpc) is 2.85. The van der Waals surface area contributed by atoms with Crippen LogP contribution in [0, 0.1) is 0 Å². The van der Waals surface area contributed by atoms with Crippen LogP contribution in [0.4, 0.5) is 4.79 Å². The molecule has 1 atom stereocenters. The van der Waals surface area contributed by atoms with Gasteiger partial charge in [0.25, 0.3) is 0 Å². The summed E-state index contributed by atoms with van der Waals surface area (Å²) in [6.07, 6.45) is 0.112. The molecule has 0 saturated carbocycles. The maximum Gasteiger partial charge on any atom is 0.407 e. The molecule has 1 aliphatic heterocycles. The lowest BCUT2D eigenvalue weighted by Gasteiger charge is -2.23. The summed E-state index contributed by atoms with van der Waals surface area (Å²) >= 11 is 3.35. The zero-order valence-corrected chi connectivity index (χ0v) is 13.2. The molecule has 6 nitrogen and oxygen atoms in total. The van der Waals surface area contributed by atoms with Gasteiger partial charge in [0.2, 0.25) is 5.91 Å². The van der Waals surface area contributed by atoms with E-state index in [0.717, 1.165) is 10.0 Å². The molecule has 2 amide bonds. The van der Waals surface area contributed by atoms with E-state index < -0.39 is 6.09 Å². The molecule has 1 aromatic carbocycles. The van der Waals surface area contributed by atoms with Crippen LogP contribution in [0.25, 0.3) is 0 Å². The molecular formula is C14H17BrN2O4. The molecule has 114 valence electrons. The van der Waals surface area contributed by atoms with Crippen LogP contribution >= 0.6 is 15.9 Å². The Balaban J connectivity index is 2.09. The highest BCUT2D eigenvalue weighted by Gasteiger charge is 2.25. The molecule has 21 heavy (non-hydrogen) atoms. The molecule has 1 heterocycles. The number of hydrogen-bond donors (Lipinski definition) is 2. The number of nitrogens with one attached hydrogen (secondary N) is 1. The monoisotopic (exact) mass is 356 g/mol. The maximum absolute atomic E-state index is 11.4. The molecule has 0 aliphatic carbocycles. The standard InChI is InChI=1S/C14H17BrN2O4/c1-21-12-6-10(15)3-2-9(12)7-17(14(19)20)8-11-4-5-13(18)16-11/h2-3,6,11H,4-5,7-8H2,1H3,(H,16,18)(H,19,20)/t11-/m0/s1. The van der Waals surface area contributed by atoms with Crippen LogP contribution in [0.3, 0.4) is 0 Å². The van der Waals surface area contributed by atoms with Gasteiger partial charge >= 0.3 is 6.09 Å². The van der Waals surface area contributed by atoms with Crippen molar-refractivity contribution in [3.8, 4) is 5.75 Å². The van der Waals surface area contributed by atoms with Gasteiger partial charge in [-0.25, -0.2) is 4.79 Å². The topological polar surface area (TPSA) is 78.9 Å². The minimum atomic E-state index is -1.01. The van der Waals surface area contributed by atoms with Gasteiger partial charge in [0.1, 0.15) is 5.75 Å². The van der Waals surface area contributed by atoms with Crippen LogP contribution in [-0.2, 0) is 11.3 Å². The number of amides is 2. The molecule has 1 saturated heterocycles. The fourth-order valence-electron chi connectivity index (χ4n) is 2.35. The van der Waals surface area contributed by atoms with E-state index in [-0.39, 0.29) is 25.0 Å². The lowest BCUT2D eigenvalue weighted by atomic mass is 10.1. The van der Waals surface area contributed by atoms with E-state index in [9.17, 15) is 14.7 Å². The van der Waals surface area contributed by atoms with E-state index in [1.165, 1.54) is 4.90 Å². The highest BCUT2D eigenvalue weighted by molar-refractivity contribution is 9.10. The van der Waals surface area contributed by atoms with Gasteiger partial charge in [0.05, 0.1) is 13.7 Å². The number of carbonyl (C=O) groups excluding carboxylic acids is 1. The summed E-state index contributed by atoms with van der Waals surface area (Å²) in [5, 5.41) is 12.1. The molecule has 1 aliphatic rings. The quantitative estimate of drug-likeness (QED) is 0.847. The van der Waals surface area contributed by atoms with E-state index in [1.807, 2.05) is 12.1 Å². The molecule has 2 rings (SSSR count). The number of benzene rings is 1. The van der Waals surface area contributed by atoms with E-state index >= 15 is 0 Å². The lowest BCUT2D eigenvalue weighted by molar-refractivity contribution is -0.119. The van der Waals surface area contributed by atoms with Gasteiger partial charge in [-0.3, -0.25) is 4.79 Å². The van der Waals surface area contributed by atoms with Crippen LogP contribution in [0.1, 0.15) is 18.4 Å². The maximum atomic E-state index is 11.4. The number of carboxylic acid groups (broad SMARTS) is 1. The first-order chi connectivity index (χ1) is 9.99. The van der Waals surface area contributed by atoms with E-state index in [1.54, 1.807) is 13.2 Å². The number of carbonyl (C=O) groups is 2. The van der Waals surface area contributed by atoms with Crippen molar-refractivity contribution in [3.63, 3.8) is 0 Å². The van der Waals surface area contributed by atoms with Crippen molar-refractivity contribution in [2.75, 3.05) is 13.7 Å². The first-order valence-corrected chi connectivity index (χ1v) is 7.38. The third kappa shape index (κ3) is 4.10. The summed E-state index contributed by atoms with van der Waals surface area (Å²) in [7, 11) is 1.55. The summed E-state index contributed by atoms with van der Waals surface area (Å²) in [5.41, 5.74) is 0.785. The second-order valence-electron chi connectivity index (χ2n) is 4.92. The normalized spacial score (nSPS) is 17.4. The first-order valence-electron chi connectivity index (χ1n) is 6.59. The molecule has 1 fully saturated rings. The highest BCUT2D eigenvalue weighted by Crippen LogP contribution is 2.25. The lowest BCUT2D eigenvalue weighted by Crippen LogP contribution is -2.41. The van der Waals surface area contributed by atoms with E-state index in [2.05, 4.69) is 21.2 Å². The molecule has 0 spiro atoms. The van der Waals surface area contributed by atoms with Gasteiger partial charge in [-0.05, 0) is 18.6 Å². The van der Waals surface area contributed by atoms with Crippen molar-refractivity contribution in [2.45, 2.75) is 25.4 Å². The van der Waals surface area contributed by atoms with Crippen molar-refractivity contribution < 1.29 is 19.4 Å². The largest absolute Gasteiger partial charge is 0.496 e. The molecule has 7 heteroatoms. The summed E-state index contributed by atoms with van der Waals surface area (Å²) in [6.45, 7) is 0.498. The Morgan fingerprint density at radius 2 is 2.33 bits per heavy atom. The van der Waals surface area contributed by atoms with Gasteiger partial charge in [0.15, 0.2) is 0 Å². The number of rotatable bonds is 5. The Bertz CT molecular complexity index is 550. The number of ether oxygens (including phenoxy) is 1. The van der Waals surface area contributed by atoms with Crippen LogP contribution in [0.15, 0.2) is 22.7 Å². The van der Waals surface area contributed by atoms with Gasteiger partial charge in [0, 0.05) is 29.0 Å². The zero-order chi connectivity index (χ0) is 15.4. The van der Waals surface area contributed by atoms with Crippen molar-refractivity contribution in [3.05, 3.63) is 28.2 Å². The summed E-state index contributed by atoms with van der Waals surface area (Å²) in [6, 6.07) is 5.35. The van der Waals surface area contributed by atoms with Crippen LogP contribution in [0.5, 0.6) is 5.75 Å². The Labute approximate surface area is 131 Å².